The van der Waals surface area contributed by atoms with Crippen molar-refractivity contribution in [2.24, 2.45) is 0 Å². The van der Waals surface area contributed by atoms with Gasteiger partial charge >= 0.3 is 0 Å². The number of rotatable bonds is 6. The fraction of sp³-hybridized carbons (Fsp3) is 0.167. The molecule has 0 saturated heterocycles. The summed E-state index contributed by atoms with van der Waals surface area (Å²) in [5.74, 6) is -0.137. The summed E-state index contributed by atoms with van der Waals surface area (Å²) in [5, 5.41) is 11.4. The van der Waals surface area contributed by atoms with E-state index in [0.717, 1.165) is 22.7 Å². The van der Waals surface area contributed by atoms with Crippen LogP contribution in [0.1, 0.15) is 21.5 Å². The molecule has 1 N–H and O–H groups in total. The highest BCUT2D eigenvalue weighted by atomic mass is 32.2. The molecule has 1 heterocycles. The molecule has 0 spiro atoms. The van der Waals surface area contributed by atoms with Crippen LogP contribution in [0.25, 0.3) is 0 Å². The minimum absolute atomic E-state index is 0.137. The molecule has 3 aromatic rings. The highest BCUT2D eigenvalue weighted by Crippen LogP contribution is 2.24. The molecule has 0 saturated carbocycles. The summed E-state index contributed by atoms with van der Waals surface area (Å²) in [6.45, 7) is 0. The number of carbonyl (C=O) groups is 1. The van der Waals surface area contributed by atoms with Crippen LogP contribution in [-0.2, 0) is 12.8 Å². The predicted molar refractivity (Wildman–Crippen MR) is 99.9 cm³/mol. The Balaban J connectivity index is 1.72. The molecule has 0 fully saturated rings. The van der Waals surface area contributed by atoms with E-state index in [2.05, 4.69) is 27.6 Å². The van der Waals surface area contributed by atoms with Crippen LogP contribution >= 0.6 is 23.1 Å². The van der Waals surface area contributed by atoms with Crippen molar-refractivity contribution in [3.05, 3.63) is 71.3 Å². The summed E-state index contributed by atoms with van der Waals surface area (Å²) in [4.78, 5) is 12.6. The molecule has 0 radical (unpaired) electrons. The molecule has 0 aliphatic rings. The summed E-state index contributed by atoms with van der Waals surface area (Å²) >= 11 is 2.90. The van der Waals surface area contributed by atoms with Crippen molar-refractivity contribution in [2.75, 3.05) is 11.6 Å². The van der Waals surface area contributed by atoms with Gasteiger partial charge in [-0.15, -0.1) is 10.2 Å². The standard InChI is InChI=1S/C18H17N3OS2/c1-23-18-21-20-17(24-18)19-16(22)15-10-6-5-9-14(15)12-11-13-7-3-2-4-8-13/h2-10H,11-12H2,1H3,(H,19,20,22). The van der Waals surface area contributed by atoms with E-state index in [0.29, 0.717) is 10.7 Å². The lowest BCUT2D eigenvalue weighted by atomic mass is 9.99. The quantitative estimate of drug-likeness (QED) is 0.529. The van der Waals surface area contributed by atoms with Gasteiger partial charge in [0, 0.05) is 5.56 Å². The maximum Gasteiger partial charge on any atom is 0.257 e. The molecule has 0 aliphatic carbocycles. The second-order valence-corrected chi connectivity index (χ2v) is 7.21. The molecular formula is C18H17N3OS2. The average molecular weight is 355 g/mol. The SMILES string of the molecule is CSc1nnc(NC(=O)c2ccccc2CCc2ccccc2)s1. The molecule has 6 heteroatoms. The van der Waals surface area contributed by atoms with Crippen molar-refractivity contribution >= 4 is 34.1 Å². The predicted octanol–water partition coefficient (Wildman–Crippen LogP) is 4.30. The Morgan fingerprint density at radius 2 is 1.79 bits per heavy atom. The van der Waals surface area contributed by atoms with Crippen molar-refractivity contribution in [1.29, 1.82) is 0 Å². The Bertz CT molecular complexity index is 818. The van der Waals surface area contributed by atoms with Crippen molar-refractivity contribution < 1.29 is 4.79 Å². The van der Waals surface area contributed by atoms with E-state index in [1.165, 1.54) is 28.7 Å². The molecule has 122 valence electrons. The third-order valence-corrected chi connectivity index (χ3v) is 5.40. The first-order valence-corrected chi connectivity index (χ1v) is 9.61. The summed E-state index contributed by atoms with van der Waals surface area (Å²) in [7, 11) is 0. The van der Waals surface area contributed by atoms with Crippen molar-refractivity contribution in [3.8, 4) is 0 Å². The molecule has 2 aromatic carbocycles. The number of aryl methyl sites for hydroxylation is 2. The maximum atomic E-state index is 12.6. The van der Waals surface area contributed by atoms with Gasteiger partial charge in [-0.2, -0.15) is 0 Å². The summed E-state index contributed by atoms with van der Waals surface area (Å²) < 4.78 is 0.836. The Labute approximate surface area is 149 Å². The van der Waals surface area contributed by atoms with Gasteiger partial charge in [0.25, 0.3) is 5.91 Å². The molecule has 3 rings (SSSR count). The first kappa shape index (κ1) is 16.7. The van der Waals surface area contributed by atoms with Gasteiger partial charge in [0.2, 0.25) is 5.13 Å². The van der Waals surface area contributed by atoms with Gasteiger partial charge in [-0.05, 0) is 36.3 Å². The second kappa shape index (κ2) is 8.08. The van der Waals surface area contributed by atoms with E-state index < -0.39 is 0 Å². The van der Waals surface area contributed by atoms with Gasteiger partial charge in [-0.25, -0.2) is 0 Å². The summed E-state index contributed by atoms with van der Waals surface area (Å²) in [6, 6.07) is 18.0. The number of nitrogens with zero attached hydrogens (tertiary/aromatic N) is 2. The van der Waals surface area contributed by atoms with Gasteiger partial charge < -0.3 is 0 Å². The first-order valence-electron chi connectivity index (χ1n) is 7.57. The van der Waals surface area contributed by atoms with Gasteiger partial charge in [-0.1, -0.05) is 71.6 Å². The van der Waals surface area contributed by atoms with E-state index in [9.17, 15) is 4.79 Å². The zero-order valence-corrected chi connectivity index (χ0v) is 14.9. The van der Waals surface area contributed by atoms with Crippen LogP contribution in [-0.4, -0.2) is 22.4 Å². The number of carbonyl (C=O) groups excluding carboxylic acids is 1. The van der Waals surface area contributed by atoms with Gasteiger partial charge in [-0.3, -0.25) is 10.1 Å². The first-order chi connectivity index (χ1) is 11.8. The maximum absolute atomic E-state index is 12.6. The van der Waals surface area contributed by atoms with Crippen molar-refractivity contribution in [1.82, 2.24) is 10.2 Å². The van der Waals surface area contributed by atoms with E-state index >= 15 is 0 Å². The number of thioether (sulfide) groups is 1. The number of anilines is 1. The third kappa shape index (κ3) is 4.21. The number of nitrogens with one attached hydrogen (secondary N) is 1. The second-order valence-electron chi connectivity index (χ2n) is 5.17. The normalized spacial score (nSPS) is 10.5. The monoisotopic (exact) mass is 355 g/mol. The van der Waals surface area contributed by atoms with Gasteiger partial charge in [0.1, 0.15) is 0 Å². The fourth-order valence-corrected chi connectivity index (χ4v) is 3.56. The van der Waals surface area contributed by atoms with E-state index in [1.807, 2.05) is 48.7 Å². The molecule has 0 unspecified atom stereocenters. The summed E-state index contributed by atoms with van der Waals surface area (Å²) in [6.07, 6.45) is 3.66. The van der Waals surface area contributed by atoms with Gasteiger partial charge in [0.05, 0.1) is 0 Å². The molecule has 4 nitrogen and oxygen atoms in total. The zero-order chi connectivity index (χ0) is 16.8. The molecule has 0 aliphatic heterocycles. The fourth-order valence-electron chi connectivity index (χ4n) is 2.39. The molecule has 24 heavy (non-hydrogen) atoms. The minimum atomic E-state index is -0.137. The lowest BCUT2D eigenvalue weighted by Gasteiger charge is -2.09. The highest BCUT2D eigenvalue weighted by Gasteiger charge is 2.13. The number of hydrogen-bond donors (Lipinski definition) is 1. The minimum Gasteiger partial charge on any atom is -0.296 e. The topological polar surface area (TPSA) is 54.9 Å². The summed E-state index contributed by atoms with van der Waals surface area (Å²) in [5.41, 5.74) is 2.99. The number of amides is 1. The average Bonchev–Trinajstić information content (AvgIpc) is 3.08. The van der Waals surface area contributed by atoms with Crippen LogP contribution in [0, 0.1) is 0 Å². The number of benzene rings is 2. The van der Waals surface area contributed by atoms with Crippen LogP contribution in [0.5, 0.6) is 0 Å². The smallest absolute Gasteiger partial charge is 0.257 e. The number of hydrogen-bond acceptors (Lipinski definition) is 5. The Hall–Kier alpha value is -2.18. The largest absolute Gasteiger partial charge is 0.296 e. The molecule has 0 bridgehead atoms. The van der Waals surface area contributed by atoms with Gasteiger partial charge in [0.15, 0.2) is 4.34 Å². The van der Waals surface area contributed by atoms with Crippen LogP contribution in [0.4, 0.5) is 5.13 Å². The molecular weight excluding hydrogens is 338 g/mol. The molecule has 1 amide bonds. The molecule has 1 aromatic heterocycles. The van der Waals surface area contributed by atoms with E-state index in [4.69, 9.17) is 0 Å². The highest BCUT2D eigenvalue weighted by molar-refractivity contribution is 8.00. The van der Waals surface area contributed by atoms with Crippen LogP contribution in [0.3, 0.4) is 0 Å². The van der Waals surface area contributed by atoms with Crippen molar-refractivity contribution in [2.45, 2.75) is 17.2 Å². The Kier molecular flexibility index (Phi) is 5.61. The number of aromatic nitrogens is 2. The van der Waals surface area contributed by atoms with Crippen LogP contribution in [0.15, 0.2) is 58.9 Å². The Morgan fingerprint density at radius 1 is 1.04 bits per heavy atom. The van der Waals surface area contributed by atoms with E-state index in [-0.39, 0.29) is 5.91 Å². The van der Waals surface area contributed by atoms with Crippen LogP contribution < -0.4 is 5.32 Å². The lowest BCUT2D eigenvalue weighted by Crippen LogP contribution is -2.14. The third-order valence-electron chi connectivity index (χ3n) is 3.59. The zero-order valence-electron chi connectivity index (χ0n) is 13.2. The van der Waals surface area contributed by atoms with Crippen LogP contribution in [0.2, 0.25) is 0 Å². The van der Waals surface area contributed by atoms with Crippen molar-refractivity contribution in [3.63, 3.8) is 0 Å². The van der Waals surface area contributed by atoms with E-state index in [1.54, 1.807) is 0 Å². The lowest BCUT2D eigenvalue weighted by molar-refractivity contribution is 0.102. The Morgan fingerprint density at radius 3 is 2.54 bits per heavy atom. The molecule has 0 atom stereocenters.